The van der Waals surface area contributed by atoms with Gasteiger partial charge in [-0.1, -0.05) is 19.3 Å². The summed E-state index contributed by atoms with van der Waals surface area (Å²) < 4.78 is 12.7. The standard InChI is InChI=1S/C11H26O2Si3/c1-14(2)12-16(5,13-15(3)4)11-9-7-6-8-10-11/h11H,6-10H2,1-5H3. The van der Waals surface area contributed by atoms with Crippen molar-refractivity contribution in [3.05, 3.63) is 0 Å². The van der Waals surface area contributed by atoms with E-state index in [2.05, 4.69) is 32.7 Å². The van der Waals surface area contributed by atoms with Crippen LogP contribution < -0.4 is 0 Å². The van der Waals surface area contributed by atoms with Gasteiger partial charge in [0.15, 0.2) is 18.1 Å². The van der Waals surface area contributed by atoms with Crippen molar-refractivity contribution in [3.63, 3.8) is 0 Å². The minimum absolute atomic E-state index is 0.632. The molecule has 0 aromatic heterocycles. The third-order valence-corrected chi connectivity index (χ3v) is 11.7. The highest BCUT2D eigenvalue weighted by Gasteiger charge is 2.42. The van der Waals surface area contributed by atoms with Crippen LogP contribution in [0.3, 0.4) is 0 Å². The molecule has 94 valence electrons. The zero-order chi connectivity index (χ0) is 12.2. The normalized spacial score (nSPS) is 19.7. The smallest absolute Gasteiger partial charge is 0.317 e. The highest BCUT2D eigenvalue weighted by atomic mass is 28.5. The monoisotopic (exact) mass is 274 g/mol. The van der Waals surface area contributed by atoms with Crippen molar-refractivity contribution in [2.24, 2.45) is 0 Å². The van der Waals surface area contributed by atoms with E-state index < -0.39 is 26.6 Å². The van der Waals surface area contributed by atoms with E-state index in [1.165, 1.54) is 32.1 Å². The molecule has 2 radical (unpaired) electrons. The molecule has 0 amide bonds. The van der Waals surface area contributed by atoms with Crippen LogP contribution in [0.1, 0.15) is 32.1 Å². The number of rotatable bonds is 5. The van der Waals surface area contributed by atoms with E-state index >= 15 is 0 Å². The first-order chi connectivity index (χ1) is 7.44. The Hall–Kier alpha value is 0.571. The van der Waals surface area contributed by atoms with E-state index in [4.69, 9.17) is 8.23 Å². The molecular weight excluding hydrogens is 248 g/mol. The lowest BCUT2D eigenvalue weighted by Crippen LogP contribution is -2.49. The molecule has 0 bridgehead atoms. The maximum Gasteiger partial charge on any atom is 0.317 e. The molecule has 0 unspecified atom stereocenters. The van der Waals surface area contributed by atoms with Crippen LogP contribution in [0, 0.1) is 0 Å². The Morgan fingerprint density at radius 2 is 1.31 bits per heavy atom. The maximum absolute atomic E-state index is 6.33. The van der Waals surface area contributed by atoms with Gasteiger partial charge >= 0.3 is 8.56 Å². The van der Waals surface area contributed by atoms with E-state index in [1.807, 2.05) is 0 Å². The van der Waals surface area contributed by atoms with Gasteiger partial charge in [-0.05, 0) is 45.6 Å². The fourth-order valence-corrected chi connectivity index (χ4v) is 12.4. The molecule has 0 aromatic rings. The molecule has 0 heterocycles. The van der Waals surface area contributed by atoms with Gasteiger partial charge in [-0.25, -0.2) is 0 Å². The molecule has 0 N–H and O–H groups in total. The molecule has 1 aliphatic rings. The van der Waals surface area contributed by atoms with E-state index in [-0.39, 0.29) is 0 Å². The minimum Gasteiger partial charge on any atom is -0.436 e. The first-order valence-electron chi connectivity index (χ1n) is 6.42. The molecule has 16 heavy (non-hydrogen) atoms. The van der Waals surface area contributed by atoms with Gasteiger partial charge in [0, 0.05) is 5.54 Å². The maximum atomic E-state index is 6.33. The van der Waals surface area contributed by atoms with Crippen molar-refractivity contribution >= 4 is 26.6 Å². The number of hydrogen-bond donors (Lipinski definition) is 0. The highest BCUT2D eigenvalue weighted by molar-refractivity contribution is 6.80. The fraction of sp³-hybridized carbons (Fsp3) is 1.00. The first kappa shape index (κ1) is 14.6. The van der Waals surface area contributed by atoms with Gasteiger partial charge in [-0.2, -0.15) is 0 Å². The van der Waals surface area contributed by atoms with E-state index in [0.717, 1.165) is 5.54 Å². The average Bonchev–Trinajstić information content (AvgIpc) is 2.16. The van der Waals surface area contributed by atoms with Crippen LogP contribution in [0.4, 0.5) is 0 Å². The zero-order valence-electron chi connectivity index (χ0n) is 11.4. The van der Waals surface area contributed by atoms with Crippen LogP contribution in [-0.4, -0.2) is 26.6 Å². The summed E-state index contributed by atoms with van der Waals surface area (Å²) in [6, 6.07) is 0. The average molecular weight is 275 g/mol. The second-order valence-corrected chi connectivity index (χ2v) is 13.5. The van der Waals surface area contributed by atoms with Crippen molar-refractivity contribution in [2.75, 3.05) is 0 Å². The summed E-state index contributed by atoms with van der Waals surface area (Å²) in [4.78, 5) is 0. The molecule has 0 atom stereocenters. The Balaban J connectivity index is 2.67. The third kappa shape index (κ3) is 4.44. The molecule has 0 aliphatic heterocycles. The van der Waals surface area contributed by atoms with Crippen LogP contribution in [0.25, 0.3) is 0 Å². The number of hydrogen-bond acceptors (Lipinski definition) is 2. The molecule has 1 fully saturated rings. The Bertz CT molecular complexity index is 193. The molecule has 5 heteroatoms. The summed E-state index contributed by atoms with van der Waals surface area (Å²) in [5, 5.41) is 0. The molecule has 2 nitrogen and oxygen atoms in total. The molecule has 0 spiro atoms. The lowest BCUT2D eigenvalue weighted by Gasteiger charge is -2.39. The van der Waals surface area contributed by atoms with Gasteiger partial charge in [-0.15, -0.1) is 0 Å². The summed E-state index contributed by atoms with van der Waals surface area (Å²) in [6.45, 7) is 11.3. The van der Waals surface area contributed by atoms with Crippen molar-refractivity contribution in [2.45, 2.75) is 70.4 Å². The minimum atomic E-state index is -1.88. The Labute approximate surface area is 105 Å². The molecule has 1 aliphatic carbocycles. The van der Waals surface area contributed by atoms with E-state index in [1.54, 1.807) is 0 Å². The topological polar surface area (TPSA) is 18.5 Å². The first-order valence-corrected chi connectivity index (χ1v) is 13.6. The summed E-state index contributed by atoms with van der Waals surface area (Å²) in [5.74, 6) is 0. The SMILES string of the molecule is C[Si](C)O[Si](C)(O[Si](C)C)C1CCCCC1. The second kappa shape index (κ2) is 6.49. The van der Waals surface area contributed by atoms with Crippen molar-refractivity contribution in [3.8, 4) is 0 Å². The van der Waals surface area contributed by atoms with Crippen LogP contribution in [0.2, 0.25) is 38.3 Å². The van der Waals surface area contributed by atoms with Crippen molar-refractivity contribution < 1.29 is 8.23 Å². The Morgan fingerprint density at radius 3 is 1.69 bits per heavy atom. The predicted octanol–water partition coefficient (Wildman–Crippen LogP) is 3.93. The van der Waals surface area contributed by atoms with Gasteiger partial charge in [-0.3, -0.25) is 0 Å². The Kier molecular flexibility index (Phi) is 5.93. The molecule has 0 saturated heterocycles. The molecular formula is C11H26O2Si3. The van der Waals surface area contributed by atoms with Gasteiger partial charge < -0.3 is 8.23 Å². The quantitative estimate of drug-likeness (QED) is 0.707. The summed E-state index contributed by atoms with van der Waals surface area (Å²) in [5.41, 5.74) is 0.751. The van der Waals surface area contributed by atoms with Crippen LogP contribution in [0.15, 0.2) is 0 Å². The zero-order valence-corrected chi connectivity index (χ0v) is 14.4. The van der Waals surface area contributed by atoms with Gasteiger partial charge in [0.25, 0.3) is 0 Å². The van der Waals surface area contributed by atoms with Gasteiger partial charge in [0.05, 0.1) is 0 Å². The highest BCUT2D eigenvalue weighted by Crippen LogP contribution is 2.38. The van der Waals surface area contributed by atoms with Crippen LogP contribution in [0.5, 0.6) is 0 Å². The largest absolute Gasteiger partial charge is 0.436 e. The van der Waals surface area contributed by atoms with Crippen LogP contribution >= 0.6 is 0 Å². The van der Waals surface area contributed by atoms with Crippen molar-refractivity contribution in [1.82, 2.24) is 0 Å². The van der Waals surface area contributed by atoms with E-state index in [0.29, 0.717) is 0 Å². The fourth-order valence-electron chi connectivity index (χ4n) is 2.63. The van der Waals surface area contributed by atoms with Crippen molar-refractivity contribution in [1.29, 1.82) is 0 Å². The summed E-state index contributed by atoms with van der Waals surface area (Å²) in [7, 11) is -3.15. The van der Waals surface area contributed by atoms with Crippen LogP contribution in [-0.2, 0) is 8.23 Å². The predicted molar refractivity (Wildman–Crippen MR) is 75.6 cm³/mol. The van der Waals surface area contributed by atoms with Gasteiger partial charge in [0.1, 0.15) is 0 Å². The molecule has 0 aromatic carbocycles. The lowest BCUT2D eigenvalue weighted by molar-refractivity contribution is 0.345. The molecule has 1 saturated carbocycles. The second-order valence-electron chi connectivity index (χ2n) is 5.37. The van der Waals surface area contributed by atoms with E-state index in [9.17, 15) is 0 Å². The summed E-state index contributed by atoms with van der Waals surface area (Å²) >= 11 is 0. The molecule has 1 rings (SSSR count). The Morgan fingerprint density at radius 1 is 0.875 bits per heavy atom. The summed E-state index contributed by atoms with van der Waals surface area (Å²) in [6.07, 6.45) is 6.85. The third-order valence-electron chi connectivity index (χ3n) is 3.16. The lowest BCUT2D eigenvalue weighted by atomic mass is 10.0. The van der Waals surface area contributed by atoms with Gasteiger partial charge in [0.2, 0.25) is 0 Å².